The van der Waals surface area contributed by atoms with Crippen LogP contribution in [0.15, 0.2) is 12.3 Å². The molecule has 0 aromatic carbocycles. The zero-order valence-corrected chi connectivity index (χ0v) is 10.7. The number of halogens is 1. The summed E-state index contributed by atoms with van der Waals surface area (Å²) in [6.07, 6.45) is 4.27. The van der Waals surface area contributed by atoms with Crippen molar-refractivity contribution in [3.63, 3.8) is 0 Å². The fourth-order valence-electron chi connectivity index (χ4n) is 1.69. The molecule has 1 fully saturated rings. The van der Waals surface area contributed by atoms with Gasteiger partial charge < -0.3 is 0 Å². The Bertz CT molecular complexity index is 488. The number of rotatable bonds is 3. The average Bonchev–Trinajstić information content (AvgIpc) is 2.29. The molecule has 0 amide bonds. The van der Waals surface area contributed by atoms with E-state index in [1.807, 2.05) is 0 Å². The zero-order valence-electron chi connectivity index (χ0n) is 9.13. The molecule has 1 saturated heterocycles. The van der Waals surface area contributed by atoms with Crippen molar-refractivity contribution in [3.05, 3.63) is 17.5 Å². The minimum atomic E-state index is -3.52. The molecule has 1 aliphatic heterocycles. The van der Waals surface area contributed by atoms with E-state index in [0.717, 1.165) is 19.3 Å². The lowest BCUT2D eigenvalue weighted by atomic mass is 10.2. The van der Waals surface area contributed by atoms with E-state index in [-0.39, 0.29) is 11.1 Å². The minimum Gasteiger partial charge on any atom is -0.254 e. The van der Waals surface area contributed by atoms with E-state index in [4.69, 9.17) is 11.6 Å². The molecule has 0 bridgehead atoms. The van der Waals surface area contributed by atoms with Gasteiger partial charge in [-0.1, -0.05) is 6.42 Å². The number of nitrogens with one attached hydrogen (secondary N) is 1. The molecule has 1 N–H and O–H groups in total. The number of aromatic nitrogens is 2. The fourth-order valence-corrected chi connectivity index (χ4v) is 3.09. The molecule has 1 aromatic rings. The quantitative estimate of drug-likeness (QED) is 0.844. The largest absolute Gasteiger partial charge is 0.302 e. The van der Waals surface area contributed by atoms with Crippen LogP contribution < -0.4 is 4.72 Å². The normalized spacial score (nSPS) is 17.9. The van der Waals surface area contributed by atoms with Gasteiger partial charge in [-0.15, -0.1) is 0 Å². The highest BCUT2D eigenvalue weighted by atomic mass is 35.5. The molecule has 0 atom stereocenters. The Morgan fingerprint density at radius 1 is 1.29 bits per heavy atom. The lowest BCUT2D eigenvalue weighted by Gasteiger charge is -2.25. The van der Waals surface area contributed by atoms with Crippen molar-refractivity contribution >= 4 is 27.6 Å². The second kappa shape index (κ2) is 5.16. The highest BCUT2D eigenvalue weighted by Gasteiger charge is 2.24. The number of nitrogens with zero attached hydrogens (tertiary/aromatic N) is 3. The van der Waals surface area contributed by atoms with E-state index < -0.39 is 10.2 Å². The standard InChI is InChI=1S/C9H13ClN4O2S/c10-9-11-5-4-8(12-9)13-17(15,16)14-6-2-1-3-7-14/h4-5H,1-3,6-7H2,(H,11,12,13). The summed E-state index contributed by atoms with van der Waals surface area (Å²) < 4.78 is 27.8. The first kappa shape index (κ1) is 12.5. The van der Waals surface area contributed by atoms with Gasteiger partial charge in [0.25, 0.3) is 0 Å². The molecule has 0 unspecified atom stereocenters. The van der Waals surface area contributed by atoms with Gasteiger partial charge in [-0.05, 0) is 30.5 Å². The second-order valence-electron chi connectivity index (χ2n) is 3.78. The van der Waals surface area contributed by atoms with Gasteiger partial charge in [-0.25, -0.2) is 4.98 Å². The number of anilines is 1. The summed E-state index contributed by atoms with van der Waals surface area (Å²) in [4.78, 5) is 7.48. The average molecular weight is 277 g/mol. The van der Waals surface area contributed by atoms with E-state index in [2.05, 4.69) is 14.7 Å². The number of hydrogen-bond donors (Lipinski definition) is 1. The van der Waals surface area contributed by atoms with Crippen molar-refractivity contribution in [2.45, 2.75) is 19.3 Å². The summed E-state index contributed by atoms with van der Waals surface area (Å²) in [7, 11) is -3.52. The van der Waals surface area contributed by atoms with Crippen LogP contribution in [0, 0.1) is 0 Å². The third kappa shape index (κ3) is 3.27. The monoisotopic (exact) mass is 276 g/mol. The van der Waals surface area contributed by atoms with Gasteiger partial charge in [-0.2, -0.15) is 17.7 Å². The lowest BCUT2D eigenvalue weighted by Crippen LogP contribution is -2.39. The van der Waals surface area contributed by atoms with Gasteiger partial charge in [0.05, 0.1) is 0 Å². The third-order valence-electron chi connectivity index (χ3n) is 2.51. The van der Waals surface area contributed by atoms with Crippen LogP contribution in [0.3, 0.4) is 0 Å². The van der Waals surface area contributed by atoms with Crippen molar-refractivity contribution in [2.24, 2.45) is 0 Å². The highest BCUT2D eigenvalue weighted by molar-refractivity contribution is 7.90. The summed E-state index contributed by atoms with van der Waals surface area (Å²) in [5.74, 6) is 0.190. The topological polar surface area (TPSA) is 75.2 Å². The summed E-state index contributed by atoms with van der Waals surface area (Å²) in [6, 6.07) is 1.47. The van der Waals surface area contributed by atoms with Crippen LogP contribution in [0.2, 0.25) is 5.28 Å². The first-order valence-electron chi connectivity index (χ1n) is 5.34. The molecule has 6 nitrogen and oxygen atoms in total. The molecule has 2 rings (SSSR count). The van der Waals surface area contributed by atoms with Crippen molar-refractivity contribution in [1.82, 2.24) is 14.3 Å². The molecular weight excluding hydrogens is 264 g/mol. The molecule has 8 heteroatoms. The first-order valence-corrected chi connectivity index (χ1v) is 7.16. The molecule has 1 aliphatic rings. The van der Waals surface area contributed by atoms with Crippen LogP contribution in [-0.4, -0.2) is 35.8 Å². The van der Waals surface area contributed by atoms with Gasteiger partial charge in [0.1, 0.15) is 5.82 Å². The number of piperidine rings is 1. The van der Waals surface area contributed by atoms with Crippen molar-refractivity contribution < 1.29 is 8.42 Å². The maximum absolute atomic E-state index is 12.0. The van der Waals surface area contributed by atoms with Crippen molar-refractivity contribution in [2.75, 3.05) is 17.8 Å². The Balaban J connectivity index is 2.11. The Morgan fingerprint density at radius 3 is 2.65 bits per heavy atom. The summed E-state index contributed by atoms with van der Waals surface area (Å²) in [5, 5.41) is 0.0174. The van der Waals surface area contributed by atoms with E-state index in [1.54, 1.807) is 0 Å². The van der Waals surface area contributed by atoms with Crippen LogP contribution in [0.4, 0.5) is 5.82 Å². The fraction of sp³-hybridized carbons (Fsp3) is 0.556. The predicted octanol–water partition coefficient (Wildman–Crippen LogP) is 1.27. The molecular formula is C9H13ClN4O2S. The maximum atomic E-state index is 12.0. The van der Waals surface area contributed by atoms with Crippen LogP contribution >= 0.6 is 11.6 Å². The Kier molecular flexibility index (Phi) is 3.80. The summed E-state index contributed by atoms with van der Waals surface area (Å²) in [5.41, 5.74) is 0. The van der Waals surface area contributed by atoms with Gasteiger partial charge >= 0.3 is 10.2 Å². The Hall–Kier alpha value is -0.920. The van der Waals surface area contributed by atoms with Gasteiger partial charge in [0.15, 0.2) is 0 Å². The van der Waals surface area contributed by atoms with E-state index in [9.17, 15) is 8.42 Å². The van der Waals surface area contributed by atoms with Crippen molar-refractivity contribution in [3.8, 4) is 0 Å². The maximum Gasteiger partial charge on any atom is 0.302 e. The molecule has 17 heavy (non-hydrogen) atoms. The van der Waals surface area contributed by atoms with Crippen LogP contribution in [0.5, 0.6) is 0 Å². The predicted molar refractivity (Wildman–Crippen MR) is 65.0 cm³/mol. The number of hydrogen-bond acceptors (Lipinski definition) is 4. The Labute approximate surface area is 105 Å². The van der Waals surface area contributed by atoms with E-state index in [1.165, 1.54) is 16.6 Å². The third-order valence-corrected chi connectivity index (χ3v) is 4.21. The zero-order chi connectivity index (χ0) is 12.3. The SMILES string of the molecule is O=S(=O)(Nc1ccnc(Cl)n1)N1CCCCC1. The molecule has 1 aromatic heterocycles. The van der Waals surface area contributed by atoms with Crippen LogP contribution in [0.25, 0.3) is 0 Å². The van der Waals surface area contributed by atoms with Crippen LogP contribution in [-0.2, 0) is 10.2 Å². The van der Waals surface area contributed by atoms with Gasteiger partial charge in [0.2, 0.25) is 5.28 Å². The van der Waals surface area contributed by atoms with Crippen molar-refractivity contribution in [1.29, 1.82) is 0 Å². The lowest BCUT2D eigenvalue weighted by molar-refractivity contribution is 0.349. The first-order chi connectivity index (χ1) is 8.08. The summed E-state index contributed by atoms with van der Waals surface area (Å²) >= 11 is 5.59. The molecule has 2 heterocycles. The van der Waals surface area contributed by atoms with Gasteiger partial charge in [-0.3, -0.25) is 4.72 Å². The molecule has 0 spiro atoms. The minimum absolute atomic E-state index is 0.0174. The molecule has 0 radical (unpaired) electrons. The molecule has 0 aliphatic carbocycles. The highest BCUT2D eigenvalue weighted by Crippen LogP contribution is 2.15. The van der Waals surface area contributed by atoms with E-state index in [0.29, 0.717) is 13.1 Å². The van der Waals surface area contributed by atoms with Crippen LogP contribution in [0.1, 0.15) is 19.3 Å². The molecule has 0 saturated carbocycles. The van der Waals surface area contributed by atoms with E-state index >= 15 is 0 Å². The molecule has 94 valence electrons. The Morgan fingerprint density at radius 2 is 2.00 bits per heavy atom. The smallest absolute Gasteiger partial charge is 0.254 e. The van der Waals surface area contributed by atoms with Gasteiger partial charge in [0, 0.05) is 19.3 Å². The second-order valence-corrected chi connectivity index (χ2v) is 5.79. The summed E-state index contributed by atoms with van der Waals surface area (Å²) in [6.45, 7) is 1.10.